The molecule has 1 amide bonds. The van der Waals surface area contributed by atoms with Crippen molar-refractivity contribution in [3.8, 4) is 0 Å². The lowest BCUT2D eigenvalue weighted by Crippen LogP contribution is -2.56. The van der Waals surface area contributed by atoms with Crippen LogP contribution in [0.15, 0.2) is 12.7 Å². The van der Waals surface area contributed by atoms with Gasteiger partial charge >= 0.3 is 5.97 Å². The molecule has 2 atom stereocenters. The molecule has 5 nitrogen and oxygen atoms in total. The van der Waals surface area contributed by atoms with Crippen molar-refractivity contribution in [1.29, 1.82) is 0 Å². The average molecular weight is 240 g/mol. The number of hydrogen-bond acceptors (Lipinski definition) is 3. The Morgan fingerprint density at radius 2 is 2.35 bits per heavy atom. The van der Waals surface area contributed by atoms with E-state index in [1.54, 1.807) is 0 Å². The first kappa shape index (κ1) is 13.7. The highest BCUT2D eigenvalue weighted by Gasteiger charge is 2.40. The second-order valence-corrected chi connectivity index (χ2v) is 4.35. The molecule has 0 aromatic rings. The van der Waals surface area contributed by atoms with E-state index < -0.39 is 17.6 Å². The van der Waals surface area contributed by atoms with Crippen LogP contribution in [-0.4, -0.2) is 35.1 Å². The van der Waals surface area contributed by atoms with Crippen LogP contribution in [0.2, 0.25) is 0 Å². The summed E-state index contributed by atoms with van der Waals surface area (Å²) in [5, 5.41) is 14.7. The third-order valence-corrected chi connectivity index (χ3v) is 3.29. The highest BCUT2D eigenvalue weighted by molar-refractivity contribution is 5.90. The predicted molar refractivity (Wildman–Crippen MR) is 64.6 cm³/mol. The monoisotopic (exact) mass is 240 g/mol. The Hall–Kier alpha value is -1.36. The Labute approximate surface area is 101 Å². The second kappa shape index (κ2) is 5.82. The number of carbonyl (C=O) groups is 2. The van der Waals surface area contributed by atoms with Gasteiger partial charge in [0.05, 0.1) is 5.54 Å². The normalized spacial score (nSPS) is 25.2. The number of carbonyl (C=O) groups excluding carboxylic acids is 1. The number of amides is 1. The molecule has 1 aliphatic rings. The highest BCUT2D eigenvalue weighted by Crippen LogP contribution is 2.23. The van der Waals surface area contributed by atoms with E-state index in [1.165, 1.54) is 6.08 Å². The minimum atomic E-state index is -1.03. The summed E-state index contributed by atoms with van der Waals surface area (Å²) in [6.07, 6.45) is 4.11. The van der Waals surface area contributed by atoms with Crippen molar-refractivity contribution in [2.75, 3.05) is 6.54 Å². The minimum absolute atomic E-state index is 0.216. The fourth-order valence-electron chi connectivity index (χ4n) is 2.15. The molecular weight excluding hydrogens is 220 g/mol. The lowest BCUT2D eigenvalue weighted by atomic mass is 9.92. The standard InChI is InChI=1S/C12H20N2O3/c1-3-6-9(10(15)16)14-11(17)12(4-2)7-5-8-13-12/h3,9,13H,1,4-8H2,2H3,(H,14,17)(H,15,16)/t9-,12+/m1/s1. The molecule has 0 aliphatic carbocycles. The quantitative estimate of drug-likeness (QED) is 0.596. The zero-order valence-corrected chi connectivity index (χ0v) is 10.2. The SMILES string of the molecule is C=CC[C@@H](NC(=O)[C@]1(CC)CCCN1)C(=O)O. The summed E-state index contributed by atoms with van der Waals surface area (Å²) in [5.74, 6) is -1.24. The van der Waals surface area contributed by atoms with Crippen molar-refractivity contribution < 1.29 is 14.7 Å². The fourth-order valence-corrected chi connectivity index (χ4v) is 2.15. The summed E-state index contributed by atoms with van der Waals surface area (Å²) in [7, 11) is 0. The molecule has 1 aliphatic heterocycles. The maximum Gasteiger partial charge on any atom is 0.326 e. The van der Waals surface area contributed by atoms with E-state index in [4.69, 9.17) is 5.11 Å². The molecule has 0 spiro atoms. The first-order chi connectivity index (χ1) is 8.05. The van der Waals surface area contributed by atoms with Gasteiger partial charge in [-0.2, -0.15) is 0 Å². The summed E-state index contributed by atoms with van der Waals surface area (Å²) < 4.78 is 0. The van der Waals surface area contributed by atoms with Crippen LogP contribution in [0.1, 0.15) is 32.6 Å². The Kier molecular flexibility index (Phi) is 4.69. The molecule has 1 rings (SSSR count). The Bertz CT molecular complexity index is 309. The van der Waals surface area contributed by atoms with E-state index in [2.05, 4.69) is 17.2 Å². The molecule has 0 saturated carbocycles. The van der Waals surface area contributed by atoms with Gasteiger partial charge in [-0.3, -0.25) is 4.79 Å². The van der Waals surface area contributed by atoms with Gasteiger partial charge in [0.15, 0.2) is 0 Å². The minimum Gasteiger partial charge on any atom is -0.480 e. The van der Waals surface area contributed by atoms with Crippen LogP contribution >= 0.6 is 0 Å². The van der Waals surface area contributed by atoms with Crippen LogP contribution in [-0.2, 0) is 9.59 Å². The van der Waals surface area contributed by atoms with Gasteiger partial charge in [-0.05, 0) is 32.2 Å². The lowest BCUT2D eigenvalue weighted by Gasteiger charge is -2.28. The molecule has 96 valence electrons. The van der Waals surface area contributed by atoms with Crippen LogP contribution in [0.5, 0.6) is 0 Å². The maximum atomic E-state index is 12.1. The van der Waals surface area contributed by atoms with Gasteiger partial charge < -0.3 is 15.7 Å². The lowest BCUT2D eigenvalue weighted by molar-refractivity contribution is -0.142. The third kappa shape index (κ3) is 3.06. The number of rotatable bonds is 6. The van der Waals surface area contributed by atoms with Gasteiger partial charge in [-0.15, -0.1) is 6.58 Å². The van der Waals surface area contributed by atoms with Crippen LogP contribution in [0.25, 0.3) is 0 Å². The number of aliphatic carboxylic acids is 1. The number of carboxylic acid groups (broad SMARTS) is 1. The molecule has 3 N–H and O–H groups in total. The number of nitrogens with one attached hydrogen (secondary N) is 2. The van der Waals surface area contributed by atoms with Crippen LogP contribution in [0.4, 0.5) is 0 Å². The molecule has 0 bridgehead atoms. The molecule has 1 heterocycles. The molecule has 0 aromatic heterocycles. The molecule has 0 radical (unpaired) electrons. The van der Waals surface area contributed by atoms with E-state index >= 15 is 0 Å². The molecular formula is C12H20N2O3. The van der Waals surface area contributed by atoms with Crippen LogP contribution in [0, 0.1) is 0 Å². The van der Waals surface area contributed by atoms with E-state index in [1.807, 2.05) is 6.92 Å². The van der Waals surface area contributed by atoms with Crippen LogP contribution in [0.3, 0.4) is 0 Å². The van der Waals surface area contributed by atoms with Crippen molar-refractivity contribution in [3.63, 3.8) is 0 Å². The van der Waals surface area contributed by atoms with Crippen molar-refractivity contribution in [1.82, 2.24) is 10.6 Å². The molecule has 5 heteroatoms. The van der Waals surface area contributed by atoms with E-state index in [0.717, 1.165) is 19.4 Å². The van der Waals surface area contributed by atoms with E-state index in [9.17, 15) is 9.59 Å². The average Bonchev–Trinajstić information content (AvgIpc) is 2.78. The molecule has 1 saturated heterocycles. The molecule has 17 heavy (non-hydrogen) atoms. The second-order valence-electron chi connectivity index (χ2n) is 4.35. The van der Waals surface area contributed by atoms with Crippen LogP contribution < -0.4 is 10.6 Å². The van der Waals surface area contributed by atoms with E-state index in [-0.39, 0.29) is 12.3 Å². The summed E-state index contributed by atoms with van der Waals surface area (Å²) in [6, 6.07) is -0.883. The highest BCUT2D eigenvalue weighted by atomic mass is 16.4. The molecule has 0 unspecified atom stereocenters. The summed E-state index contributed by atoms with van der Waals surface area (Å²) in [6.45, 7) is 6.23. The van der Waals surface area contributed by atoms with Gasteiger partial charge in [-0.1, -0.05) is 13.0 Å². The summed E-state index contributed by atoms with van der Waals surface area (Å²) >= 11 is 0. The van der Waals surface area contributed by atoms with Gasteiger partial charge in [0.25, 0.3) is 0 Å². The first-order valence-electron chi connectivity index (χ1n) is 5.95. The molecule has 0 aromatic carbocycles. The number of carboxylic acids is 1. The van der Waals surface area contributed by atoms with Crippen molar-refractivity contribution in [3.05, 3.63) is 12.7 Å². The summed E-state index contributed by atoms with van der Waals surface area (Å²) in [4.78, 5) is 23.1. The number of hydrogen-bond donors (Lipinski definition) is 3. The van der Waals surface area contributed by atoms with Gasteiger partial charge in [0.1, 0.15) is 6.04 Å². The zero-order chi connectivity index (χ0) is 12.9. The van der Waals surface area contributed by atoms with Gasteiger partial charge in [-0.25, -0.2) is 4.79 Å². The molecule has 1 fully saturated rings. The summed E-state index contributed by atoms with van der Waals surface area (Å²) in [5.41, 5.74) is -0.588. The largest absolute Gasteiger partial charge is 0.480 e. The zero-order valence-electron chi connectivity index (χ0n) is 10.2. The van der Waals surface area contributed by atoms with Gasteiger partial charge in [0, 0.05) is 0 Å². The van der Waals surface area contributed by atoms with Crippen molar-refractivity contribution in [2.24, 2.45) is 0 Å². The fraction of sp³-hybridized carbons (Fsp3) is 0.667. The van der Waals surface area contributed by atoms with Gasteiger partial charge in [0.2, 0.25) is 5.91 Å². The third-order valence-electron chi connectivity index (χ3n) is 3.29. The maximum absolute atomic E-state index is 12.1. The topological polar surface area (TPSA) is 78.4 Å². The Morgan fingerprint density at radius 3 is 2.76 bits per heavy atom. The Morgan fingerprint density at radius 1 is 1.65 bits per heavy atom. The van der Waals surface area contributed by atoms with Crippen molar-refractivity contribution in [2.45, 2.75) is 44.2 Å². The Balaban J connectivity index is 2.68. The van der Waals surface area contributed by atoms with Crippen molar-refractivity contribution >= 4 is 11.9 Å². The predicted octanol–water partition coefficient (Wildman–Crippen LogP) is 0.664. The van der Waals surface area contributed by atoms with E-state index in [0.29, 0.717) is 6.42 Å². The first-order valence-corrected chi connectivity index (χ1v) is 5.95. The smallest absolute Gasteiger partial charge is 0.326 e.